The fraction of sp³-hybridized carbons (Fsp3) is 0.444. The van der Waals surface area contributed by atoms with Gasteiger partial charge in [0.05, 0.1) is 0 Å². The van der Waals surface area contributed by atoms with Crippen molar-refractivity contribution in [3.63, 3.8) is 0 Å². The smallest absolute Gasteiger partial charge is 0.325 e. The maximum Gasteiger partial charge on any atom is 0.325 e. The highest BCUT2D eigenvalue weighted by molar-refractivity contribution is 6.06. The number of aryl methyl sites for hydroxylation is 1. The van der Waals surface area contributed by atoms with Crippen molar-refractivity contribution >= 4 is 23.8 Å². The summed E-state index contributed by atoms with van der Waals surface area (Å²) >= 11 is 0. The molecule has 0 aromatic heterocycles. The number of ether oxygens (including phenoxy) is 1. The van der Waals surface area contributed by atoms with Gasteiger partial charge in [-0.15, -0.1) is 0 Å². The van der Waals surface area contributed by atoms with Crippen molar-refractivity contribution in [1.29, 1.82) is 0 Å². The summed E-state index contributed by atoms with van der Waals surface area (Å²) in [5, 5.41) is 2.53. The van der Waals surface area contributed by atoms with Crippen LogP contribution < -0.4 is 20.9 Å². The zero-order valence-corrected chi connectivity index (χ0v) is 15.6. The van der Waals surface area contributed by atoms with Crippen molar-refractivity contribution < 1.29 is 23.9 Å². The van der Waals surface area contributed by atoms with E-state index in [0.29, 0.717) is 5.75 Å². The normalized spacial score (nSPS) is 15.3. The fourth-order valence-electron chi connectivity index (χ4n) is 2.48. The maximum atomic E-state index is 12.0. The van der Waals surface area contributed by atoms with E-state index in [0.717, 1.165) is 16.9 Å². The Kier molecular flexibility index (Phi) is 6.38. The van der Waals surface area contributed by atoms with Crippen LogP contribution in [0.4, 0.5) is 4.79 Å². The predicted octanol–water partition coefficient (Wildman–Crippen LogP) is 0.496. The van der Waals surface area contributed by atoms with Gasteiger partial charge in [-0.05, 0) is 38.0 Å². The maximum absolute atomic E-state index is 12.0. The molecule has 146 valence electrons. The third-order valence-corrected chi connectivity index (χ3v) is 4.02. The molecule has 0 bridgehead atoms. The number of carbonyl (C=O) groups is 4. The van der Waals surface area contributed by atoms with Crippen LogP contribution in [0.3, 0.4) is 0 Å². The molecule has 5 amide bonds. The number of rotatable bonds is 7. The Morgan fingerprint density at radius 1 is 1.19 bits per heavy atom. The van der Waals surface area contributed by atoms with Gasteiger partial charge in [-0.2, -0.15) is 0 Å². The molecule has 2 rings (SSSR count). The van der Waals surface area contributed by atoms with E-state index in [1.54, 1.807) is 19.9 Å². The molecule has 0 spiro atoms. The van der Waals surface area contributed by atoms with Gasteiger partial charge >= 0.3 is 6.03 Å². The molecule has 1 fully saturated rings. The van der Waals surface area contributed by atoms with Crippen LogP contribution in [0.15, 0.2) is 24.3 Å². The topological polar surface area (TPSA) is 117 Å². The minimum absolute atomic E-state index is 0.0733. The van der Waals surface area contributed by atoms with Crippen LogP contribution in [0.5, 0.6) is 5.75 Å². The molecule has 1 aromatic carbocycles. The summed E-state index contributed by atoms with van der Waals surface area (Å²) in [5.41, 5.74) is 4.57. The van der Waals surface area contributed by atoms with Crippen LogP contribution in [0, 0.1) is 0 Å². The molecule has 0 radical (unpaired) electrons. The molecule has 9 heteroatoms. The molecule has 0 aliphatic carbocycles. The second-order valence-electron chi connectivity index (χ2n) is 6.65. The first kappa shape index (κ1) is 20.2. The van der Waals surface area contributed by atoms with Crippen LogP contribution in [0.25, 0.3) is 0 Å². The zero-order valence-electron chi connectivity index (χ0n) is 15.6. The second-order valence-corrected chi connectivity index (χ2v) is 6.65. The number of imide groups is 1. The first-order chi connectivity index (χ1) is 12.7. The lowest BCUT2D eigenvalue weighted by molar-refractivity contribution is -0.132. The molecule has 1 aliphatic heterocycles. The van der Waals surface area contributed by atoms with Crippen LogP contribution in [0.1, 0.15) is 32.8 Å². The number of hydrogen-bond donors (Lipinski definition) is 3. The van der Waals surface area contributed by atoms with Crippen molar-refractivity contribution in [3.8, 4) is 5.75 Å². The standard InChI is InChI=1S/C18H24N4O5/c1-4-12-6-5-7-13(10-12)27-11-15(24)21-20-14(23)8-9-22-16(25)18(2,3)19-17(22)26/h5-7,10H,4,8-9,11H2,1-3H3,(H,19,26)(H,20,23)(H,21,24). The molecule has 1 aliphatic rings. The van der Waals surface area contributed by atoms with Crippen molar-refractivity contribution in [1.82, 2.24) is 21.1 Å². The quantitative estimate of drug-likeness (QED) is 0.473. The number of hydrogen-bond acceptors (Lipinski definition) is 5. The lowest BCUT2D eigenvalue weighted by atomic mass is 10.1. The molecule has 9 nitrogen and oxygen atoms in total. The summed E-state index contributed by atoms with van der Waals surface area (Å²) in [7, 11) is 0. The largest absolute Gasteiger partial charge is 0.484 e. The van der Waals surface area contributed by atoms with E-state index >= 15 is 0 Å². The van der Waals surface area contributed by atoms with Crippen LogP contribution in [-0.4, -0.2) is 47.3 Å². The van der Waals surface area contributed by atoms with Gasteiger partial charge in [0.2, 0.25) is 5.91 Å². The summed E-state index contributed by atoms with van der Waals surface area (Å²) in [4.78, 5) is 48.3. The number of benzene rings is 1. The molecule has 1 saturated heterocycles. The van der Waals surface area contributed by atoms with Crippen molar-refractivity contribution in [2.75, 3.05) is 13.2 Å². The van der Waals surface area contributed by atoms with E-state index in [4.69, 9.17) is 4.74 Å². The highest BCUT2D eigenvalue weighted by Gasteiger charge is 2.43. The van der Waals surface area contributed by atoms with Crippen LogP contribution >= 0.6 is 0 Å². The highest BCUT2D eigenvalue weighted by atomic mass is 16.5. The van der Waals surface area contributed by atoms with E-state index in [2.05, 4.69) is 16.2 Å². The molecule has 0 atom stereocenters. The number of hydrazine groups is 1. The van der Waals surface area contributed by atoms with E-state index in [-0.39, 0.29) is 19.6 Å². The average molecular weight is 376 g/mol. The Morgan fingerprint density at radius 2 is 1.89 bits per heavy atom. The van der Waals surface area contributed by atoms with Gasteiger partial charge in [0.15, 0.2) is 6.61 Å². The molecule has 27 heavy (non-hydrogen) atoms. The van der Waals surface area contributed by atoms with Crippen molar-refractivity contribution in [3.05, 3.63) is 29.8 Å². The van der Waals surface area contributed by atoms with E-state index in [1.165, 1.54) is 0 Å². The zero-order chi connectivity index (χ0) is 20.0. The lowest BCUT2D eigenvalue weighted by Gasteiger charge is -2.15. The summed E-state index contributed by atoms with van der Waals surface area (Å²) < 4.78 is 5.37. The number of urea groups is 1. The SMILES string of the molecule is CCc1cccc(OCC(=O)NNC(=O)CCN2C(=O)NC(C)(C)C2=O)c1. The number of nitrogens with one attached hydrogen (secondary N) is 3. The molecule has 1 heterocycles. The number of amides is 5. The minimum Gasteiger partial charge on any atom is -0.484 e. The Bertz CT molecular complexity index is 747. The first-order valence-electron chi connectivity index (χ1n) is 8.66. The molecular formula is C18H24N4O5. The summed E-state index contributed by atoms with van der Waals surface area (Å²) in [5.74, 6) is -0.882. The Hall–Kier alpha value is -3.10. The summed E-state index contributed by atoms with van der Waals surface area (Å²) in [6, 6.07) is 6.84. The third-order valence-electron chi connectivity index (χ3n) is 4.02. The average Bonchev–Trinajstić information content (AvgIpc) is 2.83. The van der Waals surface area contributed by atoms with Gasteiger partial charge in [-0.3, -0.25) is 30.1 Å². The summed E-state index contributed by atoms with van der Waals surface area (Å²) in [6.45, 7) is 4.86. The van der Waals surface area contributed by atoms with Gasteiger partial charge in [-0.25, -0.2) is 4.79 Å². The number of carbonyl (C=O) groups excluding carboxylic acids is 4. The predicted molar refractivity (Wildman–Crippen MR) is 96.5 cm³/mol. The first-order valence-corrected chi connectivity index (χ1v) is 8.66. The molecular weight excluding hydrogens is 352 g/mol. The van der Waals surface area contributed by atoms with Crippen molar-refractivity contribution in [2.24, 2.45) is 0 Å². The number of nitrogens with zero attached hydrogens (tertiary/aromatic N) is 1. The second kappa shape index (κ2) is 8.52. The van der Waals surface area contributed by atoms with Gasteiger partial charge in [-0.1, -0.05) is 19.1 Å². The fourth-order valence-corrected chi connectivity index (χ4v) is 2.48. The van der Waals surface area contributed by atoms with Crippen LogP contribution in [0.2, 0.25) is 0 Å². The van der Waals surface area contributed by atoms with Gasteiger partial charge < -0.3 is 10.1 Å². The lowest BCUT2D eigenvalue weighted by Crippen LogP contribution is -2.45. The molecule has 1 aromatic rings. The Labute approximate surface area is 157 Å². The minimum atomic E-state index is -0.978. The monoisotopic (exact) mass is 376 g/mol. The highest BCUT2D eigenvalue weighted by Crippen LogP contribution is 2.16. The van der Waals surface area contributed by atoms with Crippen molar-refractivity contribution in [2.45, 2.75) is 39.2 Å². The van der Waals surface area contributed by atoms with Gasteiger partial charge in [0.25, 0.3) is 11.8 Å². The molecule has 0 unspecified atom stereocenters. The third kappa shape index (κ3) is 5.44. The molecule has 0 saturated carbocycles. The van der Waals surface area contributed by atoms with E-state index in [1.807, 2.05) is 25.1 Å². The Morgan fingerprint density at radius 3 is 2.52 bits per heavy atom. The molecule has 3 N–H and O–H groups in total. The van der Waals surface area contributed by atoms with E-state index in [9.17, 15) is 19.2 Å². The van der Waals surface area contributed by atoms with Crippen LogP contribution in [-0.2, 0) is 20.8 Å². The van der Waals surface area contributed by atoms with E-state index < -0.39 is 29.3 Å². The summed E-state index contributed by atoms with van der Waals surface area (Å²) in [6.07, 6.45) is 0.725. The van der Waals surface area contributed by atoms with Gasteiger partial charge in [0.1, 0.15) is 11.3 Å². The Balaban J connectivity index is 1.70. The van der Waals surface area contributed by atoms with Gasteiger partial charge in [0, 0.05) is 13.0 Å².